The predicted octanol–water partition coefficient (Wildman–Crippen LogP) is -1.57. The summed E-state index contributed by atoms with van der Waals surface area (Å²) in [4.78, 5) is 0. The average Bonchev–Trinajstić information content (AvgIpc) is 2.03. The van der Waals surface area contributed by atoms with E-state index in [1.807, 2.05) is 30.3 Å². The van der Waals surface area contributed by atoms with Crippen LogP contribution in [0.25, 0.3) is 0 Å². The molecule has 1 aromatic rings. The van der Waals surface area contributed by atoms with E-state index in [1.54, 1.807) is 0 Å². The number of likely N-dealkylation sites (N-methyl/N-ethyl adjacent to an activating group) is 1. The van der Waals surface area contributed by atoms with Gasteiger partial charge in [-0.3, -0.25) is 0 Å². The van der Waals surface area contributed by atoms with Gasteiger partial charge in [0, 0.05) is 0 Å². The molecule has 1 N–H and O–H groups in total. The highest BCUT2D eigenvalue weighted by atomic mass is 35.5. The highest BCUT2D eigenvalue weighted by molar-refractivity contribution is 5.17. The Hall–Kier alpha value is -0.570. The Kier molecular flexibility index (Phi) is 5.13. The van der Waals surface area contributed by atoms with Gasteiger partial charge in [0.25, 0.3) is 0 Å². The van der Waals surface area contributed by atoms with Gasteiger partial charge in [-0.25, -0.2) is 0 Å². The molecule has 0 bridgehead atoms. The molecule has 0 aliphatic rings. The molecule has 80 valence electrons. The van der Waals surface area contributed by atoms with Crippen LogP contribution >= 0.6 is 0 Å². The first-order valence-corrected chi connectivity index (χ1v) is 4.52. The molecular weight excluding hydrogens is 198 g/mol. The third-order valence-corrected chi connectivity index (χ3v) is 1.91. The first-order chi connectivity index (χ1) is 5.99. The van der Waals surface area contributed by atoms with E-state index in [4.69, 9.17) is 0 Å². The van der Waals surface area contributed by atoms with Gasteiger partial charge in [0.2, 0.25) is 0 Å². The van der Waals surface area contributed by atoms with Crippen molar-refractivity contribution in [3.05, 3.63) is 35.9 Å². The van der Waals surface area contributed by atoms with Crippen molar-refractivity contribution in [2.75, 3.05) is 27.7 Å². The largest absolute Gasteiger partial charge is 1.00 e. The Bertz CT molecular complexity index is 256. The van der Waals surface area contributed by atoms with Crippen molar-refractivity contribution in [3.63, 3.8) is 0 Å². The van der Waals surface area contributed by atoms with Gasteiger partial charge in [0.05, 0.1) is 21.1 Å². The van der Waals surface area contributed by atoms with E-state index < -0.39 is 0 Å². The molecule has 0 fully saturated rings. The second-order valence-corrected chi connectivity index (χ2v) is 4.40. The lowest BCUT2D eigenvalue weighted by molar-refractivity contribution is -0.874. The second kappa shape index (κ2) is 5.35. The summed E-state index contributed by atoms with van der Waals surface area (Å²) >= 11 is 0. The van der Waals surface area contributed by atoms with E-state index in [0.29, 0.717) is 0 Å². The molecule has 0 aliphatic carbocycles. The molecule has 0 aromatic heterocycles. The fourth-order valence-corrected chi connectivity index (χ4v) is 1.30. The van der Waals surface area contributed by atoms with Crippen LogP contribution in [0.15, 0.2) is 30.3 Å². The van der Waals surface area contributed by atoms with Crippen molar-refractivity contribution in [3.8, 4) is 0 Å². The summed E-state index contributed by atoms with van der Waals surface area (Å²) in [6.07, 6.45) is -0.360. The Balaban J connectivity index is 0.00000169. The zero-order valence-corrected chi connectivity index (χ0v) is 9.70. The van der Waals surface area contributed by atoms with E-state index in [0.717, 1.165) is 16.6 Å². The quantitative estimate of drug-likeness (QED) is 0.605. The number of benzene rings is 1. The van der Waals surface area contributed by atoms with Crippen molar-refractivity contribution in [1.82, 2.24) is 0 Å². The lowest BCUT2D eigenvalue weighted by Gasteiger charge is -2.26. The van der Waals surface area contributed by atoms with Crippen molar-refractivity contribution in [1.29, 1.82) is 0 Å². The third-order valence-electron chi connectivity index (χ3n) is 1.91. The second-order valence-electron chi connectivity index (χ2n) is 4.40. The van der Waals surface area contributed by atoms with Crippen LogP contribution in [-0.4, -0.2) is 37.3 Å². The summed E-state index contributed by atoms with van der Waals surface area (Å²) in [7, 11) is 6.23. The lowest BCUT2D eigenvalue weighted by atomic mass is 10.1. The van der Waals surface area contributed by atoms with Gasteiger partial charge < -0.3 is 22.0 Å². The normalized spacial score (nSPS) is 13.1. The molecule has 0 saturated heterocycles. The van der Waals surface area contributed by atoms with Crippen LogP contribution in [0.2, 0.25) is 0 Å². The van der Waals surface area contributed by atoms with Gasteiger partial charge in [0.15, 0.2) is 0 Å². The lowest BCUT2D eigenvalue weighted by Crippen LogP contribution is -3.00. The zero-order valence-electron chi connectivity index (χ0n) is 8.94. The number of aliphatic hydroxyl groups is 1. The minimum atomic E-state index is -0.360. The number of aliphatic hydroxyl groups excluding tert-OH is 1. The molecule has 0 saturated carbocycles. The van der Waals surface area contributed by atoms with Crippen LogP contribution in [0.4, 0.5) is 0 Å². The van der Waals surface area contributed by atoms with Crippen molar-refractivity contribution in [2.24, 2.45) is 0 Å². The van der Waals surface area contributed by atoms with E-state index >= 15 is 0 Å². The molecule has 0 aliphatic heterocycles. The predicted molar refractivity (Wildman–Crippen MR) is 54.3 cm³/mol. The standard InChI is InChI=1S/C11H18NO.ClH/c1-12(2,3)9-11(13)10-7-5-4-6-8-10;/h4-8,11,13H,9H2,1-3H3;1H/q+1;/p-1. The number of hydrogen-bond donors (Lipinski definition) is 1. The Labute approximate surface area is 92.2 Å². The summed E-state index contributed by atoms with van der Waals surface area (Å²) in [5.41, 5.74) is 0.996. The van der Waals surface area contributed by atoms with Crippen LogP contribution in [0.1, 0.15) is 11.7 Å². The minimum absolute atomic E-state index is 0. The first-order valence-electron chi connectivity index (χ1n) is 4.52. The number of nitrogens with zero attached hydrogens (tertiary/aromatic N) is 1. The van der Waals surface area contributed by atoms with E-state index in [-0.39, 0.29) is 18.5 Å². The minimum Gasteiger partial charge on any atom is -1.00 e. The van der Waals surface area contributed by atoms with Crippen LogP contribution in [0, 0.1) is 0 Å². The molecule has 0 amide bonds. The van der Waals surface area contributed by atoms with Gasteiger partial charge in [0.1, 0.15) is 12.6 Å². The van der Waals surface area contributed by atoms with E-state index in [9.17, 15) is 5.11 Å². The topological polar surface area (TPSA) is 20.2 Å². The molecule has 1 atom stereocenters. The van der Waals surface area contributed by atoms with Gasteiger partial charge in [-0.2, -0.15) is 0 Å². The average molecular weight is 216 g/mol. The first kappa shape index (κ1) is 13.4. The molecule has 1 aromatic carbocycles. The summed E-state index contributed by atoms with van der Waals surface area (Å²) in [5, 5.41) is 9.84. The van der Waals surface area contributed by atoms with Crippen LogP contribution in [-0.2, 0) is 0 Å². The number of halogens is 1. The maximum absolute atomic E-state index is 9.84. The number of hydrogen-bond acceptors (Lipinski definition) is 1. The summed E-state index contributed by atoms with van der Waals surface area (Å²) in [5.74, 6) is 0. The molecule has 2 nitrogen and oxygen atoms in total. The van der Waals surface area contributed by atoms with Gasteiger partial charge in [-0.1, -0.05) is 30.3 Å². The maximum atomic E-state index is 9.84. The summed E-state index contributed by atoms with van der Waals surface area (Å²) < 4.78 is 0.774. The molecular formula is C11H18ClNO. The third kappa shape index (κ3) is 4.61. The fourth-order valence-electron chi connectivity index (χ4n) is 1.30. The Morgan fingerprint density at radius 1 is 1.14 bits per heavy atom. The summed E-state index contributed by atoms with van der Waals surface area (Å²) in [6.45, 7) is 0.740. The van der Waals surface area contributed by atoms with Crippen LogP contribution in [0.3, 0.4) is 0 Å². The highest BCUT2D eigenvalue weighted by Gasteiger charge is 2.16. The number of rotatable bonds is 3. The van der Waals surface area contributed by atoms with Crippen molar-refractivity contribution < 1.29 is 22.0 Å². The molecule has 0 radical (unpaired) electrons. The van der Waals surface area contributed by atoms with Gasteiger partial charge >= 0.3 is 0 Å². The molecule has 1 unspecified atom stereocenters. The Morgan fingerprint density at radius 3 is 2.07 bits per heavy atom. The molecule has 1 rings (SSSR count). The van der Waals surface area contributed by atoms with Crippen LogP contribution in [0.5, 0.6) is 0 Å². The maximum Gasteiger partial charge on any atom is 0.128 e. The molecule has 0 spiro atoms. The monoisotopic (exact) mass is 215 g/mol. The SMILES string of the molecule is C[N+](C)(C)CC(O)c1ccccc1.[Cl-]. The van der Waals surface area contributed by atoms with E-state index in [2.05, 4.69) is 21.1 Å². The van der Waals surface area contributed by atoms with Crippen molar-refractivity contribution in [2.45, 2.75) is 6.10 Å². The van der Waals surface area contributed by atoms with Crippen molar-refractivity contribution >= 4 is 0 Å². The molecule has 3 heteroatoms. The smallest absolute Gasteiger partial charge is 0.128 e. The van der Waals surface area contributed by atoms with Gasteiger partial charge in [-0.05, 0) is 5.56 Å². The zero-order chi connectivity index (χ0) is 9.90. The Morgan fingerprint density at radius 2 is 1.64 bits per heavy atom. The fraction of sp³-hybridized carbons (Fsp3) is 0.455. The van der Waals surface area contributed by atoms with Crippen LogP contribution < -0.4 is 12.4 Å². The van der Waals surface area contributed by atoms with E-state index in [1.165, 1.54) is 0 Å². The van der Waals surface area contributed by atoms with Gasteiger partial charge in [-0.15, -0.1) is 0 Å². The molecule has 0 heterocycles. The highest BCUT2D eigenvalue weighted by Crippen LogP contribution is 2.14. The molecule has 14 heavy (non-hydrogen) atoms. The number of quaternary nitrogens is 1. The summed E-state index contributed by atoms with van der Waals surface area (Å²) in [6, 6.07) is 9.78.